The van der Waals surface area contributed by atoms with E-state index in [2.05, 4.69) is 19.0 Å². The number of alkyl halides is 1. The number of hydrogen-bond donors (Lipinski definition) is 0. The Bertz CT molecular complexity index is 1840. The molecule has 0 aliphatic carbocycles. The van der Waals surface area contributed by atoms with Gasteiger partial charge in [-0.3, -0.25) is 14.4 Å². The zero-order valence-corrected chi connectivity index (χ0v) is 29.5. The Morgan fingerprint density at radius 3 is 2.08 bits per heavy atom. The third-order valence-electron chi connectivity index (χ3n) is 8.59. The first-order chi connectivity index (χ1) is 23.5. The molecule has 4 aromatic rings. The number of oxime groups is 1. The van der Waals surface area contributed by atoms with Crippen LogP contribution in [0.4, 0.5) is 4.79 Å². The number of aryl methyl sites for hydroxylation is 1. The Labute approximate surface area is 291 Å². The van der Waals surface area contributed by atoms with E-state index < -0.39 is 17.7 Å². The molecule has 2 heterocycles. The van der Waals surface area contributed by atoms with Gasteiger partial charge in [-0.2, -0.15) is 0 Å². The van der Waals surface area contributed by atoms with Gasteiger partial charge in [0.15, 0.2) is 11.6 Å². The van der Waals surface area contributed by atoms with Crippen LogP contribution in [0.2, 0.25) is 0 Å². The largest absolute Gasteiger partial charge is 0.491 e. The fourth-order valence-electron chi connectivity index (χ4n) is 5.84. The van der Waals surface area contributed by atoms with Gasteiger partial charge in [0.25, 0.3) is 0 Å². The number of hydrogen-bond acceptors (Lipinski definition) is 8. The molecule has 1 atom stereocenters. The van der Waals surface area contributed by atoms with Gasteiger partial charge < -0.3 is 23.7 Å². The van der Waals surface area contributed by atoms with E-state index in [1.54, 1.807) is 47.4 Å². The van der Waals surface area contributed by atoms with E-state index in [1.807, 2.05) is 43.7 Å². The van der Waals surface area contributed by atoms with Crippen LogP contribution < -0.4 is 4.74 Å². The van der Waals surface area contributed by atoms with Crippen LogP contribution in [0.5, 0.6) is 5.75 Å². The second kappa shape index (κ2) is 16.0. The molecule has 11 heteroatoms. The zero-order valence-electron chi connectivity index (χ0n) is 28.8. The van der Waals surface area contributed by atoms with Crippen molar-refractivity contribution in [3.05, 3.63) is 77.4 Å². The number of benzene rings is 3. The molecule has 0 bridgehead atoms. The first-order valence-electron chi connectivity index (χ1n) is 16.8. The van der Waals surface area contributed by atoms with E-state index in [1.165, 1.54) is 0 Å². The minimum atomic E-state index is -0.617. The molecular formula is C38H44ClN3O7. The van der Waals surface area contributed by atoms with Gasteiger partial charge in [0, 0.05) is 58.6 Å². The molecule has 260 valence electrons. The molecule has 49 heavy (non-hydrogen) atoms. The predicted molar refractivity (Wildman–Crippen MR) is 191 cm³/mol. The van der Waals surface area contributed by atoms with Crippen molar-refractivity contribution in [2.24, 2.45) is 12.2 Å². The standard InChI is InChI=1S/C38H44ClN3O7/c1-6-8-18-42(19-9-7-2)37(45)49-40-32(22-39)36(44)27-13-17-34-31(21-27)30-20-26(12-16-33(30)41(34)5)35(43)25-10-14-28(15-11-25)46-23-29-24-47-38(3,4)48-29/h10-17,20-21,29H,6-9,18-19,22-24H2,1-5H3/b40-32+. The number of rotatable bonds is 15. The highest BCUT2D eigenvalue weighted by atomic mass is 35.5. The van der Waals surface area contributed by atoms with Crippen molar-refractivity contribution in [1.29, 1.82) is 0 Å². The van der Waals surface area contributed by atoms with E-state index in [4.69, 9.17) is 30.6 Å². The third kappa shape index (κ3) is 8.49. The summed E-state index contributed by atoms with van der Waals surface area (Å²) in [5, 5.41) is 5.50. The van der Waals surface area contributed by atoms with Crippen LogP contribution in [-0.4, -0.2) is 76.9 Å². The lowest BCUT2D eigenvalue weighted by Gasteiger charge is -2.19. The summed E-state index contributed by atoms with van der Waals surface area (Å²) in [5.41, 5.74) is 3.09. The molecule has 0 N–H and O–H groups in total. The van der Waals surface area contributed by atoms with Gasteiger partial charge in [-0.25, -0.2) is 4.79 Å². The maximum atomic E-state index is 13.6. The zero-order chi connectivity index (χ0) is 35.1. The number of Topliss-reactive ketones (excluding diaryl/α,β-unsaturated/α-hetero) is 1. The average Bonchev–Trinajstić information content (AvgIpc) is 3.61. The van der Waals surface area contributed by atoms with Gasteiger partial charge in [-0.05, 0) is 87.4 Å². The Balaban J connectivity index is 1.34. The third-order valence-corrected chi connectivity index (χ3v) is 8.85. The van der Waals surface area contributed by atoms with Crippen molar-refractivity contribution in [2.45, 2.75) is 65.3 Å². The number of fused-ring (bicyclic) bond motifs is 3. The number of aromatic nitrogens is 1. The van der Waals surface area contributed by atoms with E-state index in [0.717, 1.165) is 47.5 Å². The van der Waals surface area contributed by atoms with Crippen LogP contribution in [-0.2, 0) is 21.4 Å². The minimum absolute atomic E-state index is 0.0724. The molecule has 0 saturated carbocycles. The van der Waals surface area contributed by atoms with Gasteiger partial charge >= 0.3 is 6.09 Å². The van der Waals surface area contributed by atoms with E-state index in [9.17, 15) is 14.4 Å². The highest BCUT2D eigenvalue weighted by molar-refractivity contribution is 6.53. The summed E-state index contributed by atoms with van der Waals surface area (Å²) in [6.45, 7) is 9.77. The molecule has 3 aromatic carbocycles. The van der Waals surface area contributed by atoms with Crippen LogP contribution >= 0.6 is 11.6 Å². The fourth-order valence-corrected chi connectivity index (χ4v) is 6.01. The molecule has 10 nitrogen and oxygen atoms in total. The van der Waals surface area contributed by atoms with Crippen LogP contribution in [0.15, 0.2) is 65.8 Å². The lowest BCUT2D eigenvalue weighted by Crippen LogP contribution is -2.33. The van der Waals surface area contributed by atoms with Crippen molar-refractivity contribution < 1.29 is 33.4 Å². The number of nitrogens with zero attached hydrogens (tertiary/aromatic N) is 3. The van der Waals surface area contributed by atoms with E-state index in [-0.39, 0.29) is 23.5 Å². The summed E-state index contributed by atoms with van der Waals surface area (Å²) in [6, 6.07) is 17.9. The predicted octanol–water partition coefficient (Wildman–Crippen LogP) is 7.91. The number of ether oxygens (including phenoxy) is 3. The summed E-state index contributed by atoms with van der Waals surface area (Å²) >= 11 is 6.12. The van der Waals surface area contributed by atoms with Crippen molar-refractivity contribution in [2.75, 3.05) is 32.2 Å². The topological polar surface area (TPSA) is 109 Å². The maximum absolute atomic E-state index is 13.6. The van der Waals surface area contributed by atoms with E-state index >= 15 is 0 Å². The molecule has 1 aliphatic heterocycles. The Hall–Kier alpha value is -4.25. The van der Waals surface area contributed by atoms with Crippen molar-refractivity contribution in [3.8, 4) is 5.75 Å². The van der Waals surface area contributed by atoms with Crippen LogP contribution in [0, 0.1) is 0 Å². The molecule has 0 radical (unpaired) electrons. The number of carbonyl (C=O) groups excluding carboxylic acids is 3. The lowest BCUT2D eigenvalue weighted by molar-refractivity contribution is -0.141. The van der Waals surface area contributed by atoms with Gasteiger partial charge in [-0.15, -0.1) is 11.6 Å². The SMILES string of the molecule is CCCCN(CCCC)C(=O)O/N=C(\CCl)C(=O)c1ccc2c(c1)c1cc(C(=O)c3ccc(OCC4COC(C)(C)O4)cc3)ccc1n2C. The highest BCUT2D eigenvalue weighted by Gasteiger charge is 2.33. The molecule has 1 aromatic heterocycles. The molecule has 0 spiro atoms. The minimum Gasteiger partial charge on any atom is -0.491 e. The number of amides is 1. The second-order valence-corrected chi connectivity index (χ2v) is 13.0. The monoisotopic (exact) mass is 689 g/mol. The molecule has 1 saturated heterocycles. The Morgan fingerprint density at radius 1 is 0.918 bits per heavy atom. The van der Waals surface area contributed by atoms with Crippen molar-refractivity contribution in [1.82, 2.24) is 9.47 Å². The number of carbonyl (C=O) groups is 3. The molecular weight excluding hydrogens is 646 g/mol. The average molecular weight is 690 g/mol. The summed E-state index contributed by atoms with van der Waals surface area (Å²) in [4.78, 5) is 46.7. The number of unbranched alkanes of at least 4 members (excludes halogenated alkanes) is 2. The Morgan fingerprint density at radius 2 is 1.51 bits per heavy atom. The fraction of sp³-hybridized carbons (Fsp3) is 0.421. The van der Waals surface area contributed by atoms with Gasteiger partial charge in [0.2, 0.25) is 5.78 Å². The lowest BCUT2D eigenvalue weighted by atomic mass is 10.00. The van der Waals surface area contributed by atoms with Gasteiger partial charge in [0.1, 0.15) is 24.2 Å². The second-order valence-electron chi connectivity index (χ2n) is 12.7. The summed E-state index contributed by atoms with van der Waals surface area (Å²) in [7, 11) is 1.93. The van der Waals surface area contributed by atoms with Gasteiger partial charge in [-0.1, -0.05) is 31.8 Å². The molecule has 1 aliphatic rings. The summed E-state index contributed by atoms with van der Waals surface area (Å²) < 4.78 is 19.3. The quantitative estimate of drug-likeness (QED) is 0.0410. The summed E-state index contributed by atoms with van der Waals surface area (Å²) in [5.74, 6) is -0.800. The van der Waals surface area contributed by atoms with Crippen LogP contribution in [0.1, 0.15) is 79.7 Å². The number of halogens is 1. The maximum Gasteiger partial charge on any atom is 0.435 e. The van der Waals surface area contributed by atoms with E-state index in [0.29, 0.717) is 48.7 Å². The van der Waals surface area contributed by atoms with Gasteiger partial charge in [0.05, 0.1) is 12.5 Å². The summed E-state index contributed by atoms with van der Waals surface area (Å²) in [6.07, 6.45) is 2.80. The number of ketones is 2. The molecule has 5 rings (SSSR count). The first-order valence-corrected chi connectivity index (χ1v) is 17.3. The Kier molecular flexibility index (Phi) is 11.7. The van der Waals surface area contributed by atoms with Crippen LogP contribution in [0.3, 0.4) is 0 Å². The smallest absolute Gasteiger partial charge is 0.435 e. The molecule has 1 unspecified atom stereocenters. The van der Waals surface area contributed by atoms with Crippen molar-refractivity contribution in [3.63, 3.8) is 0 Å². The van der Waals surface area contributed by atoms with Crippen molar-refractivity contribution >= 4 is 56.8 Å². The molecule has 1 fully saturated rings. The molecule has 1 amide bonds. The highest BCUT2D eigenvalue weighted by Crippen LogP contribution is 2.31. The first kappa shape index (κ1) is 36.0. The van der Waals surface area contributed by atoms with Crippen LogP contribution in [0.25, 0.3) is 21.8 Å². The normalized spacial score (nSPS) is 15.9.